The minimum atomic E-state index is 0.252. The normalized spacial score (nSPS) is 13.2. The summed E-state index contributed by atoms with van der Waals surface area (Å²) >= 11 is 0. The zero-order valence-corrected chi connectivity index (χ0v) is 11.5. The lowest BCUT2D eigenvalue weighted by molar-refractivity contribution is 0.183. The Labute approximate surface area is 111 Å². The molecule has 1 unspecified atom stereocenters. The third kappa shape index (κ3) is 4.77. The van der Waals surface area contributed by atoms with Crippen LogP contribution in [0.25, 0.3) is 0 Å². The Balaban J connectivity index is 2.65. The highest BCUT2D eigenvalue weighted by Crippen LogP contribution is 2.17. The van der Waals surface area contributed by atoms with E-state index in [1.807, 2.05) is 6.07 Å². The molecule has 0 aliphatic carbocycles. The molecule has 0 heterocycles. The largest absolute Gasteiger partial charge is 0.396 e. The van der Waals surface area contributed by atoms with Crippen molar-refractivity contribution < 1.29 is 5.11 Å². The molecule has 0 saturated heterocycles. The van der Waals surface area contributed by atoms with Gasteiger partial charge in [-0.2, -0.15) is 0 Å². The van der Waals surface area contributed by atoms with Gasteiger partial charge in [0.2, 0.25) is 0 Å². The molecule has 1 rings (SSSR count). The Bertz CT molecular complexity index is 314. The maximum absolute atomic E-state index is 8.95. The molecule has 1 aromatic carbocycles. The molecule has 3 heteroatoms. The highest BCUT2D eigenvalue weighted by molar-refractivity contribution is 5.20. The van der Waals surface area contributed by atoms with Gasteiger partial charge in [0.05, 0.1) is 0 Å². The van der Waals surface area contributed by atoms with Gasteiger partial charge < -0.3 is 15.7 Å². The fourth-order valence-electron chi connectivity index (χ4n) is 2.16. The third-order valence-electron chi connectivity index (χ3n) is 3.34. The smallest absolute Gasteiger partial charge is 0.0443 e. The number of hydrogen-bond acceptors (Lipinski definition) is 3. The summed E-state index contributed by atoms with van der Waals surface area (Å²) in [5.41, 5.74) is 7.21. The van der Waals surface area contributed by atoms with E-state index in [0.29, 0.717) is 18.5 Å². The summed E-state index contributed by atoms with van der Waals surface area (Å²) in [7, 11) is 0. The lowest BCUT2D eigenvalue weighted by atomic mass is 9.98. The Morgan fingerprint density at radius 2 is 1.89 bits per heavy atom. The summed E-state index contributed by atoms with van der Waals surface area (Å²) in [5, 5.41) is 8.95. The predicted octanol–water partition coefficient (Wildman–Crippen LogP) is 1.82. The lowest BCUT2D eigenvalue weighted by Gasteiger charge is -2.30. The molecule has 18 heavy (non-hydrogen) atoms. The van der Waals surface area contributed by atoms with Crippen LogP contribution in [-0.2, 0) is 0 Å². The van der Waals surface area contributed by atoms with Gasteiger partial charge in [0.15, 0.2) is 0 Å². The van der Waals surface area contributed by atoms with Gasteiger partial charge in [0, 0.05) is 38.2 Å². The molecule has 0 aromatic heterocycles. The monoisotopic (exact) mass is 250 g/mol. The summed E-state index contributed by atoms with van der Waals surface area (Å²) < 4.78 is 0. The highest BCUT2D eigenvalue weighted by Gasteiger charge is 2.16. The van der Waals surface area contributed by atoms with Crippen molar-refractivity contribution in [2.45, 2.75) is 32.2 Å². The Hall–Kier alpha value is -0.900. The fraction of sp³-hybridized carbons (Fsp3) is 0.600. The molecular formula is C15H26N2O. The first-order chi connectivity index (χ1) is 8.69. The molecule has 3 nitrogen and oxygen atoms in total. The molecular weight excluding hydrogens is 224 g/mol. The van der Waals surface area contributed by atoms with E-state index < -0.39 is 0 Å². The van der Waals surface area contributed by atoms with Crippen molar-refractivity contribution in [2.24, 2.45) is 5.73 Å². The van der Waals surface area contributed by atoms with Crippen molar-refractivity contribution in [3.05, 3.63) is 35.9 Å². The van der Waals surface area contributed by atoms with Gasteiger partial charge in [0.25, 0.3) is 0 Å². The molecule has 0 amide bonds. The Kier molecular flexibility index (Phi) is 6.94. The Morgan fingerprint density at radius 3 is 2.39 bits per heavy atom. The van der Waals surface area contributed by atoms with E-state index in [1.165, 1.54) is 5.56 Å². The van der Waals surface area contributed by atoms with Crippen LogP contribution in [0.15, 0.2) is 30.3 Å². The van der Waals surface area contributed by atoms with E-state index in [1.54, 1.807) is 0 Å². The van der Waals surface area contributed by atoms with E-state index in [9.17, 15) is 0 Å². The molecule has 0 saturated carbocycles. The molecule has 0 radical (unpaired) electrons. The second-order valence-corrected chi connectivity index (χ2v) is 5.01. The first kappa shape index (κ1) is 15.2. The van der Waals surface area contributed by atoms with Gasteiger partial charge in [0.1, 0.15) is 0 Å². The average molecular weight is 250 g/mol. The van der Waals surface area contributed by atoms with Crippen molar-refractivity contribution in [3.8, 4) is 0 Å². The number of benzene rings is 1. The summed E-state index contributed by atoms with van der Waals surface area (Å²) in [4.78, 5) is 2.39. The molecule has 0 spiro atoms. The number of nitrogens with two attached hydrogens (primary N) is 1. The van der Waals surface area contributed by atoms with Crippen LogP contribution >= 0.6 is 0 Å². The van der Waals surface area contributed by atoms with Crippen LogP contribution in [0.1, 0.15) is 31.7 Å². The molecule has 0 aliphatic rings. The minimum Gasteiger partial charge on any atom is -0.396 e. The van der Waals surface area contributed by atoms with Crippen molar-refractivity contribution >= 4 is 0 Å². The van der Waals surface area contributed by atoms with Crippen LogP contribution in [0.4, 0.5) is 0 Å². The molecule has 0 aliphatic heterocycles. The van der Waals surface area contributed by atoms with Gasteiger partial charge in [-0.3, -0.25) is 0 Å². The van der Waals surface area contributed by atoms with E-state index in [-0.39, 0.29) is 6.61 Å². The summed E-state index contributed by atoms with van der Waals surface area (Å²) in [5.74, 6) is 0.368. The van der Waals surface area contributed by atoms with Crippen molar-refractivity contribution in [1.29, 1.82) is 0 Å². The minimum absolute atomic E-state index is 0.252. The molecule has 102 valence electrons. The maximum atomic E-state index is 8.95. The van der Waals surface area contributed by atoms with Gasteiger partial charge in [-0.25, -0.2) is 0 Å². The maximum Gasteiger partial charge on any atom is 0.0443 e. The molecule has 0 fully saturated rings. The highest BCUT2D eigenvalue weighted by atomic mass is 16.3. The first-order valence-electron chi connectivity index (χ1n) is 6.79. The quantitative estimate of drug-likeness (QED) is 0.740. The SMILES string of the molecule is CC(C)N(CCCO)CC(CN)c1ccccc1. The van der Waals surface area contributed by atoms with E-state index in [0.717, 1.165) is 19.5 Å². The van der Waals surface area contributed by atoms with Gasteiger partial charge in [-0.15, -0.1) is 0 Å². The van der Waals surface area contributed by atoms with Crippen LogP contribution in [0.3, 0.4) is 0 Å². The third-order valence-corrected chi connectivity index (χ3v) is 3.34. The second kappa shape index (κ2) is 8.25. The van der Waals surface area contributed by atoms with Crippen LogP contribution in [-0.4, -0.2) is 42.3 Å². The molecule has 1 atom stereocenters. The number of hydrogen-bond donors (Lipinski definition) is 2. The topological polar surface area (TPSA) is 49.5 Å². The summed E-state index contributed by atoms with van der Waals surface area (Å²) in [6.07, 6.45) is 0.824. The van der Waals surface area contributed by atoms with Crippen molar-refractivity contribution in [2.75, 3.05) is 26.2 Å². The molecule has 0 bridgehead atoms. The van der Waals surface area contributed by atoms with Crippen LogP contribution < -0.4 is 5.73 Å². The number of aliphatic hydroxyl groups is 1. The average Bonchev–Trinajstić information content (AvgIpc) is 2.39. The Morgan fingerprint density at radius 1 is 1.22 bits per heavy atom. The van der Waals surface area contributed by atoms with E-state index in [4.69, 9.17) is 10.8 Å². The van der Waals surface area contributed by atoms with Crippen LogP contribution in [0, 0.1) is 0 Å². The van der Waals surface area contributed by atoms with Gasteiger partial charge in [-0.05, 0) is 25.8 Å². The molecule has 3 N–H and O–H groups in total. The summed E-state index contributed by atoms with van der Waals surface area (Å²) in [6, 6.07) is 10.9. The van der Waals surface area contributed by atoms with Crippen LogP contribution in [0.5, 0.6) is 0 Å². The first-order valence-corrected chi connectivity index (χ1v) is 6.79. The number of rotatable bonds is 8. The van der Waals surface area contributed by atoms with Gasteiger partial charge >= 0.3 is 0 Å². The predicted molar refractivity (Wildman–Crippen MR) is 76.6 cm³/mol. The van der Waals surface area contributed by atoms with E-state index in [2.05, 4.69) is 43.0 Å². The zero-order valence-electron chi connectivity index (χ0n) is 11.5. The van der Waals surface area contributed by atoms with Gasteiger partial charge in [-0.1, -0.05) is 30.3 Å². The number of nitrogens with zero attached hydrogens (tertiary/aromatic N) is 1. The van der Waals surface area contributed by atoms with E-state index >= 15 is 0 Å². The van der Waals surface area contributed by atoms with Crippen molar-refractivity contribution in [1.82, 2.24) is 4.90 Å². The molecule has 1 aromatic rings. The fourth-order valence-corrected chi connectivity index (χ4v) is 2.16. The van der Waals surface area contributed by atoms with Crippen molar-refractivity contribution in [3.63, 3.8) is 0 Å². The second-order valence-electron chi connectivity index (χ2n) is 5.01. The summed E-state index contributed by atoms with van der Waals surface area (Å²) in [6.45, 7) is 7.18. The number of aliphatic hydroxyl groups excluding tert-OH is 1. The lowest BCUT2D eigenvalue weighted by Crippen LogP contribution is -2.37. The standard InChI is InChI=1S/C15H26N2O/c1-13(2)17(9-6-10-18)12-15(11-16)14-7-4-3-5-8-14/h3-5,7-8,13,15,18H,6,9-12,16H2,1-2H3. The zero-order chi connectivity index (χ0) is 13.4. The van der Waals surface area contributed by atoms with Crippen LogP contribution in [0.2, 0.25) is 0 Å².